The second kappa shape index (κ2) is 5.97. The second-order valence-corrected chi connectivity index (χ2v) is 6.24. The number of amides is 1. The maximum absolute atomic E-state index is 12.4. The molecule has 0 aliphatic carbocycles. The first-order chi connectivity index (χ1) is 8.65. The minimum atomic E-state index is 0.0809. The monoisotopic (exact) mass is 329 g/mol. The molecule has 0 bridgehead atoms. The number of hydrogen-bond acceptors (Lipinski definition) is 3. The number of thioether (sulfide) groups is 1. The van der Waals surface area contributed by atoms with Crippen LogP contribution < -0.4 is 4.74 Å². The molecule has 0 spiro atoms. The molecule has 1 heterocycles. The summed E-state index contributed by atoms with van der Waals surface area (Å²) in [6, 6.07) is 5.49. The number of rotatable bonds is 3. The van der Waals surface area contributed by atoms with E-state index in [0.717, 1.165) is 24.0 Å². The van der Waals surface area contributed by atoms with Gasteiger partial charge >= 0.3 is 0 Å². The lowest BCUT2D eigenvalue weighted by Gasteiger charge is -2.17. The number of likely N-dealkylation sites (tertiary alicyclic amines) is 1. The lowest BCUT2D eigenvalue weighted by atomic mass is 10.2. The maximum atomic E-state index is 12.4. The summed E-state index contributed by atoms with van der Waals surface area (Å²) in [6.07, 6.45) is 3.18. The molecule has 5 heteroatoms. The molecular weight excluding hydrogens is 314 g/mol. The topological polar surface area (TPSA) is 29.5 Å². The van der Waals surface area contributed by atoms with E-state index in [1.807, 2.05) is 28.8 Å². The number of halogens is 1. The Morgan fingerprint density at radius 1 is 1.56 bits per heavy atom. The van der Waals surface area contributed by atoms with Crippen LogP contribution in [0, 0.1) is 0 Å². The Bertz CT molecular complexity index is 453. The first kappa shape index (κ1) is 13.7. The van der Waals surface area contributed by atoms with Gasteiger partial charge in [-0.15, -0.1) is 0 Å². The van der Waals surface area contributed by atoms with E-state index in [1.54, 1.807) is 13.2 Å². The van der Waals surface area contributed by atoms with Crippen LogP contribution >= 0.6 is 27.7 Å². The third kappa shape index (κ3) is 2.83. The van der Waals surface area contributed by atoms with E-state index in [9.17, 15) is 4.79 Å². The fraction of sp³-hybridized carbons (Fsp3) is 0.462. The summed E-state index contributed by atoms with van der Waals surface area (Å²) >= 11 is 5.26. The first-order valence-corrected chi connectivity index (χ1v) is 7.89. The van der Waals surface area contributed by atoms with Gasteiger partial charge in [0.05, 0.1) is 12.7 Å². The van der Waals surface area contributed by atoms with Gasteiger partial charge in [0.15, 0.2) is 0 Å². The summed E-state index contributed by atoms with van der Waals surface area (Å²) in [6.45, 7) is 1.68. The highest BCUT2D eigenvalue weighted by molar-refractivity contribution is 9.10. The summed E-state index contributed by atoms with van der Waals surface area (Å²) in [5, 5.41) is 0.568. The predicted octanol–water partition coefficient (Wildman–Crippen LogP) is 3.04. The third-order valence-corrected chi connectivity index (χ3v) is 4.91. The Kier molecular flexibility index (Phi) is 4.56. The van der Waals surface area contributed by atoms with E-state index >= 15 is 0 Å². The Morgan fingerprint density at radius 3 is 2.94 bits per heavy atom. The molecule has 0 unspecified atom stereocenters. The normalized spacial score (nSPS) is 19.1. The Hall–Kier alpha value is -0.680. The zero-order chi connectivity index (χ0) is 13.1. The molecule has 0 aromatic heterocycles. The minimum Gasteiger partial charge on any atom is -0.497 e. The summed E-state index contributed by atoms with van der Waals surface area (Å²) in [5.74, 6) is 0.791. The molecule has 3 nitrogen and oxygen atoms in total. The highest BCUT2D eigenvalue weighted by atomic mass is 79.9. The molecule has 1 saturated heterocycles. The quantitative estimate of drug-likeness (QED) is 0.853. The maximum Gasteiger partial charge on any atom is 0.255 e. The van der Waals surface area contributed by atoms with Crippen molar-refractivity contribution in [3.63, 3.8) is 0 Å². The molecule has 2 rings (SSSR count). The summed E-state index contributed by atoms with van der Waals surface area (Å²) in [7, 11) is 1.61. The Morgan fingerprint density at radius 2 is 2.33 bits per heavy atom. The van der Waals surface area contributed by atoms with Crippen molar-refractivity contribution in [2.75, 3.05) is 26.5 Å². The van der Waals surface area contributed by atoms with Gasteiger partial charge in [0.1, 0.15) is 5.75 Å². The van der Waals surface area contributed by atoms with Crippen LogP contribution in [0.15, 0.2) is 22.7 Å². The summed E-state index contributed by atoms with van der Waals surface area (Å²) in [4.78, 5) is 14.3. The van der Waals surface area contributed by atoms with Gasteiger partial charge in [-0.1, -0.05) is 0 Å². The number of carbonyl (C=O) groups excluding carboxylic acids is 1. The van der Waals surface area contributed by atoms with Crippen molar-refractivity contribution >= 4 is 33.6 Å². The lowest BCUT2D eigenvalue weighted by Crippen LogP contribution is -2.29. The number of ether oxygens (including phenoxy) is 1. The lowest BCUT2D eigenvalue weighted by molar-refractivity contribution is 0.0792. The fourth-order valence-corrected chi connectivity index (χ4v) is 3.16. The van der Waals surface area contributed by atoms with Gasteiger partial charge < -0.3 is 9.64 Å². The number of benzene rings is 1. The third-order valence-electron chi connectivity index (χ3n) is 3.17. The number of methoxy groups -OCH3 is 1. The van der Waals surface area contributed by atoms with Crippen molar-refractivity contribution < 1.29 is 9.53 Å². The van der Waals surface area contributed by atoms with Crippen LogP contribution in [0.3, 0.4) is 0 Å². The molecule has 1 aromatic carbocycles. The molecule has 1 atom stereocenters. The summed E-state index contributed by atoms with van der Waals surface area (Å²) in [5.41, 5.74) is 0.677. The van der Waals surface area contributed by atoms with E-state index < -0.39 is 0 Å². The molecular formula is C13H16BrNO2S. The van der Waals surface area contributed by atoms with Crippen LogP contribution in [-0.4, -0.2) is 42.5 Å². The van der Waals surface area contributed by atoms with Gasteiger partial charge in [-0.3, -0.25) is 4.79 Å². The predicted molar refractivity (Wildman–Crippen MR) is 78.5 cm³/mol. The average molecular weight is 330 g/mol. The second-order valence-electron chi connectivity index (χ2n) is 4.24. The Balaban J connectivity index is 2.18. The fourth-order valence-electron chi connectivity index (χ4n) is 2.07. The van der Waals surface area contributed by atoms with E-state index in [2.05, 4.69) is 22.2 Å². The molecule has 1 amide bonds. The molecule has 18 heavy (non-hydrogen) atoms. The smallest absolute Gasteiger partial charge is 0.255 e. The number of carbonyl (C=O) groups is 1. The Labute approximate surface area is 120 Å². The van der Waals surface area contributed by atoms with Gasteiger partial charge in [-0.05, 0) is 46.8 Å². The number of nitrogens with zero attached hydrogens (tertiary/aromatic N) is 1. The average Bonchev–Trinajstić information content (AvgIpc) is 2.87. The molecule has 0 radical (unpaired) electrons. The van der Waals surface area contributed by atoms with E-state index in [4.69, 9.17) is 4.74 Å². The van der Waals surface area contributed by atoms with E-state index in [1.165, 1.54) is 0 Å². The molecule has 0 N–H and O–H groups in total. The zero-order valence-corrected chi connectivity index (χ0v) is 12.9. The van der Waals surface area contributed by atoms with Crippen LogP contribution in [0.2, 0.25) is 0 Å². The highest BCUT2D eigenvalue weighted by Gasteiger charge is 2.27. The van der Waals surface area contributed by atoms with Crippen LogP contribution in [0.5, 0.6) is 5.75 Å². The number of hydrogen-bond donors (Lipinski definition) is 0. The molecule has 1 aliphatic rings. The van der Waals surface area contributed by atoms with Gasteiger partial charge in [0, 0.05) is 22.8 Å². The van der Waals surface area contributed by atoms with Gasteiger partial charge in [0.2, 0.25) is 0 Å². The van der Waals surface area contributed by atoms with E-state index in [-0.39, 0.29) is 5.91 Å². The molecule has 98 valence electrons. The first-order valence-electron chi connectivity index (χ1n) is 5.81. The highest BCUT2D eigenvalue weighted by Crippen LogP contribution is 2.27. The largest absolute Gasteiger partial charge is 0.497 e. The SMILES string of the molecule is COc1ccc(Br)c(C(=O)N2CC[C@H](SC)C2)c1. The van der Waals surface area contributed by atoms with Gasteiger partial charge in [-0.25, -0.2) is 0 Å². The molecule has 1 fully saturated rings. The van der Waals surface area contributed by atoms with Crippen molar-refractivity contribution in [1.82, 2.24) is 4.90 Å². The zero-order valence-electron chi connectivity index (χ0n) is 10.5. The van der Waals surface area contributed by atoms with Crippen molar-refractivity contribution in [2.24, 2.45) is 0 Å². The van der Waals surface area contributed by atoms with Crippen LogP contribution in [-0.2, 0) is 0 Å². The van der Waals surface area contributed by atoms with Crippen molar-refractivity contribution in [3.05, 3.63) is 28.2 Å². The van der Waals surface area contributed by atoms with Crippen molar-refractivity contribution in [1.29, 1.82) is 0 Å². The van der Waals surface area contributed by atoms with Crippen molar-refractivity contribution in [3.8, 4) is 5.75 Å². The summed E-state index contributed by atoms with van der Waals surface area (Å²) < 4.78 is 5.99. The van der Waals surface area contributed by atoms with Crippen LogP contribution in [0.1, 0.15) is 16.8 Å². The molecule has 1 aromatic rings. The van der Waals surface area contributed by atoms with Gasteiger partial charge in [-0.2, -0.15) is 11.8 Å². The minimum absolute atomic E-state index is 0.0809. The van der Waals surface area contributed by atoms with E-state index in [0.29, 0.717) is 16.6 Å². The standard InChI is InChI=1S/C13H16BrNO2S/c1-17-9-3-4-12(14)11(7-9)13(16)15-6-5-10(8-15)18-2/h3-4,7,10H,5-6,8H2,1-2H3/t10-/m0/s1. The van der Waals surface area contributed by atoms with Crippen LogP contribution in [0.25, 0.3) is 0 Å². The van der Waals surface area contributed by atoms with Crippen LogP contribution in [0.4, 0.5) is 0 Å². The van der Waals surface area contributed by atoms with Gasteiger partial charge in [0.25, 0.3) is 5.91 Å². The van der Waals surface area contributed by atoms with Crippen molar-refractivity contribution in [2.45, 2.75) is 11.7 Å². The molecule has 0 saturated carbocycles. The molecule has 1 aliphatic heterocycles.